The van der Waals surface area contributed by atoms with Gasteiger partial charge in [-0.3, -0.25) is 0 Å². The Morgan fingerprint density at radius 2 is 2.00 bits per heavy atom. The van der Waals surface area contributed by atoms with Gasteiger partial charge in [0.1, 0.15) is 5.82 Å². The number of nitrogens with zero attached hydrogens (tertiary/aromatic N) is 1. The van der Waals surface area contributed by atoms with Crippen molar-refractivity contribution in [2.75, 3.05) is 26.2 Å². The molecular weight excluding hydrogens is 227 g/mol. The van der Waals surface area contributed by atoms with Gasteiger partial charge in [0.25, 0.3) is 0 Å². The summed E-state index contributed by atoms with van der Waals surface area (Å²) >= 11 is 0. The number of rotatable bonds is 5. The number of piperidine rings is 1. The monoisotopic (exact) mass is 250 g/mol. The van der Waals surface area contributed by atoms with Crippen LogP contribution in [0.1, 0.15) is 25.3 Å². The largest absolute Gasteiger partial charge is 0.312 e. The highest BCUT2D eigenvalue weighted by Gasteiger charge is 2.17. The van der Waals surface area contributed by atoms with Gasteiger partial charge >= 0.3 is 0 Å². The van der Waals surface area contributed by atoms with E-state index in [4.69, 9.17) is 0 Å². The third-order valence-corrected chi connectivity index (χ3v) is 3.86. The molecule has 1 heterocycles. The molecule has 0 saturated carbocycles. The first-order valence-electron chi connectivity index (χ1n) is 6.96. The molecule has 2 nitrogen and oxygen atoms in total. The fourth-order valence-electron chi connectivity index (χ4n) is 2.56. The molecule has 0 unspecified atom stereocenters. The van der Waals surface area contributed by atoms with Crippen molar-refractivity contribution in [3.63, 3.8) is 0 Å². The summed E-state index contributed by atoms with van der Waals surface area (Å²) in [6.45, 7) is 7.45. The van der Waals surface area contributed by atoms with Gasteiger partial charge in [0, 0.05) is 12.1 Å². The zero-order chi connectivity index (χ0) is 12.8. The Labute approximate surface area is 109 Å². The molecule has 18 heavy (non-hydrogen) atoms. The number of benzene rings is 1. The predicted octanol–water partition coefficient (Wildman–Crippen LogP) is 2.65. The van der Waals surface area contributed by atoms with Gasteiger partial charge in [-0.05, 0) is 51.0 Å². The average Bonchev–Trinajstić information content (AvgIpc) is 2.42. The Kier molecular flexibility index (Phi) is 5.14. The van der Waals surface area contributed by atoms with E-state index in [0.29, 0.717) is 6.54 Å². The molecule has 3 heteroatoms. The van der Waals surface area contributed by atoms with E-state index < -0.39 is 0 Å². The van der Waals surface area contributed by atoms with Crippen LogP contribution in [-0.4, -0.2) is 31.1 Å². The van der Waals surface area contributed by atoms with E-state index >= 15 is 0 Å². The van der Waals surface area contributed by atoms with Gasteiger partial charge in [-0.1, -0.05) is 25.1 Å². The lowest BCUT2D eigenvalue weighted by Gasteiger charge is -2.31. The van der Waals surface area contributed by atoms with Crippen LogP contribution in [-0.2, 0) is 6.54 Å². The van der Waals surface area contributed by atoms with Gasteiger partial charge in [-0.2, -0.15) is 0 Å². The molecule has 0 amide bonds. The highest BCUT2D eigenvalue weighted by Crippen LogP contribution is 2.16. The smallest absolute Gasteiger partial charge is 0.127 e. The summed E-state index contributed by atoms with van der Waals surface area (Å²) in [6, 6.07) is 7.00. The average molecular weight is 250 g/mol. The first kappa shape index (κ1) is 13.5. The van der Waals surface area contributed by atoms with Gasteiger partial charge in [0.15, 0.2) is 0 Å². The number of likely N-dealkylation sites (tertiary alicyclic amines) is 1. The van der Waals surface area contributed by atoms with E-state index in [-0.39, 0.29) is 5.82 Å². The second-order valence-corrected chi connectivity index (χ2v) is 5.10. The van der Waals surface area contributed by atoms with Crippen molar-refractivity contribution in [1.29, 1.82) is 0 Å². The molecule has 2 rings (SSSR count). The van der Waals surface area contributed by atoms with Crippen LogP contribution < -0.4 is 5.32 Å². The number of nitrogens with one attached hydrogen (secondary N) is 1. The van der Waals surface area contributed by atoms with Gasteiger partial charge in [-0.15, -0.1) is 0 Å². The van der Waals surface area contributed by atoms with E-state index in [1.165, 1.54) is 32.0 Å². The molecule has 0 aromatic heterocycles. The molecule has 100 valence electrons. The zero-order valence-corrected chi connectivity index (χ0v) is 11.2. The molecule has 1 aromatic rings. The Bertz CT molecular complexity index is 359. The third-order valence-electron chi connectivity index (χ3n) is 3.86. The highest BCUT2D eigenvalue weighted by molar-refractivity contribution is 5.16. The molecule has 1 N–H and O–H groups in total. The van der Waals surface area contributed by atoms with E-state index in [2.05, 4.69) is 17.1 Å². The maximum Gasteiger partial charge on any atom is 0.127 e. The third kappa shape index (κ3) is 3.79. The van der Waals surface area contributed by atoms with Gasteiger partial charge in [-0.25, -0.2) is 4.39 Å². The molecule has 1 aromatic carbocycles. The molecule has 1 fully saturated rings. The van der Waals surface area contributed by atoms with E-state index in [1.54, 1.807) is 6.07 Å². The maximum atomic E-state index is 13.4. The summed E-state index contributed by atoms with van der Waals surface area (Å²) in [5.41, 5.74) is 0.767. The zero-order valence-electron chi connectivity index (χ0n) is 11.2. The summed E-state index contributed by atoms with van der Waals surface area (Å²) in [7, 11) is 0. The topological polar surface area (TPSA) is 15.3 Å². The number of hydrogen-bond acceptors (Lipinski definition) is 2. The first-order chi connectivity index (χ1) is 8.79. The van der Waals surface area contributed by atoms with Crippen LogP contribution in [0.5, 0.6) is 0 Å². The molecule has 0 aliphatic carbocycles. The maximum absolute atomic E-state index is 13.4. The quantitative estimate of drug-likeness (QED) is 0.864. The minimum absolute atomic E-state index is 0.106. The van der Waals surface area contributed by atoms with Crippen LogP contribution in [0.4, 0.5) is 4.39 Å². The minimum atomic E-state index is -0.106. The molecule has 1 aliphatic rings. The SMILES string of the molecule is CCN1CCC(CNCc2ccccc2F)CC1. The Balaban J connectivity index is 1.69. The molecule has 0 bridgehead atoms. The summed E-state index contributed by atoms with van der Waals surface area (Å²) in [4.78, 5) is 2.49. The van der Waals surface area contributed by atoms with Crippen LogP contribution >= 0.6 is 0 Å². The predicted molar refractivity (Wildman–Crippen MR) is 72.9 cm³/mol. The molecular formula is C15H23FN2. The standard InChI is InChI=1S/C15H23FN2/c1-2-18-9-7-13(8-10-18)11-17-12-14-5-3-4-6-15(14)16/h3-6,13,17H,2,7-12H2,1H3. The first-order valence-corrected chi connectivity index (χ1v) is 6.96. The van der Waals surface area contributed by atoms with Crippen LogP contribution in [0, 0.1) is 11.7 Å². The minimum Gasteiger partial charge on any atom is -0.312 e. The fourth-order valence-corrected chi connectivity index (χ4v) is 2.56. The van der Waals surface area contributed by atoms with Crippen LogP contribution in [0.25, 0.3) is 0 Å². The van der Waals surface area contributed by atoms with Gasteiger partial charge < -0.3 is 10.2 Å². The lowest BCUT2D eigenvalue weighted by atomic mass is 9.97. The van der Waals surface area contributed by atoms with E-state index in [1.807, 2.05) is 12.1 Å². The second-order valence-electron chi connectivity index (χ2n) is 5.10. The number of hydrogen-bond donors (Lipinski definition) is 1. The molecule has 1 aliphatic heterocycles. The lowest BCUT2D eigenvalue weighted by molar-refractivity contribution is 0.190. The van der Waals surface area contributed by atoms with Gasteiger partial charge in [0.2, 0.25) is 0 Å². The van der Waals surface area contributed by atoms with Crippen LogP contribution in [0.15, 0.2) is 24.3 Å². The summed E-state index contributed by atoms with van der Waals surface area (Å²) in [6.07, 6.45) is 2.52. The lowest BCUT2D eigenvalue weighted by Crippen LogP contribution is -2.37. The molecule has 0 spiro atoms. The van der Waals surface area contributed by atoms with Crippen LogP contribution in [0.2, 0.25) is 0 Å². The van der Waals surface area contributed by atoms with Crippen molar-refractivity contribution in [2.24, 2.45) is 5.92 Å². The Morgan fingerprint density at radius 1 is 1.28 bits per heavy atom. The highest BCUT2D eigenvalue weighted by atomic mass is 19.1. The normalized spacial score (nSPS) is 18.1. The van der Waals surface area contributed by atoms with Crippen molar-refractivity contribution in [1.82, 2.24) is 10.2 Å². The van der Waals surface area contributed by atoms with Crippen molar-refractivity contribution in [2.45, 2.75) is 26.3 Å². The van der Waals surface area contributed by atoms with Crippen molar-refractivity contribution < 1.29 is 4.39 Å². The summed E-state index contributed by atoms with van der Waals surface area (Å²) in [5, 5.41) is 3.39. The van der Waals surface area contributed by atoms with Crippen molar-refractivity contribution in [3.8, 4) is 0 Å². The van der Waals surface area contributed by atoms with E-state index in [0.717, 1.165) is 24.6 Å². The Hall–Kier alpha value is -0.930. The molecule has 0 radical (unpaired) electrons. The van der Waals surface area contributed by atoms with Crippen molar-refractivity contribution in [3.05, 3.63) is 35.6 Å². The molecule has 1 saturated heterocycles. The Morgan fingerprint density at radius 3 is 2.67 bits per heavy atom. The molecule has 0 atom stereocenters. The van der Waals surface area contributed by atoms with Crippen molar-refractivity contribution >= 4 is 0 Å². The van der Waals surface area contributed by atoms with Crippen LogP contribution in [0.3, 0.4) is 0 Å². The number of halogens is 1. The van der Waals surface area contributed by atoms with E-state index in [9.17, 15) is 4.39 Å². The fraction of sp³-hybridized carbons (Fsp3) is 0.600. The van der Waals surface area contributed by atoms with Gasteiger partial charge in [0.05, 0.1) is 0 Å². The summed E-state index contributed by atoms with van der Waals surface area (Å²) < 4.78 is 13.4. The second kappa shape index (κ2) is 6.86. The summed E-state index contributed by atoms with van der Waals surface area (Å²) in [5.74, 6) is 0.644.